The molecule has 1 aliphatic heterocycles. The Kier molecular flexibility index (Phi) is 3.94. The van der Waals surface area contributed by atoms with Crippen LogP contribution in [-0.2, 0) is 9.53 Å². The van der Waals surface area contributed by atoms with E-state index in [4.69, 9.17) is 10.5 Å². The van der Waals surface area contributed by atoms with Crippen LogP contribution in [0.1, 0.15) is 40.5 Å². The first-order chi connectivity index (χ1) is 8.82. The molecule has 1 amide bonds. The third-order valence-corrected chi connectivity index (χ3v) is 5.73. The molecular formula is C15H28N2O2. The second-order valence-corrected chi connectivity index (χ2v) is 7.18. The molecule has 0 aromatic heterocycles. The molecule has 0 bridgehead atoms. The Hall–Kier alpha value is -0.610. The molecule has 19 heavy (non-hydrogen) atoms. The minimum Gasteiger partial charge on any atom is -0.381 e. The minimum atomic E-state index is -0.0592. The molecule has 3 N–H and O–H groups in total. The molecular weight excluding hydrogens is 240 g/mol. The number of carbonyl (C=O) groups is 1. The van der Waals surface area contributed by atoms with E-state index in [0.29, 0.717) is 12.5 Å². The summed E-state index contributed by atoms with van der Waals surface area (Å²) in [6, 6.07) is 0.265. The maximum absolute atomic E-state index is 12.5. The van der Waals surface area contributed by atoms with Crippen LogP contribution in [0.2, 0.25) is 0 Å². The van der Waals surface area contributed by atoms with E-state index in [9.17, 15) is 4.79 Å². The number of ether oxygens (including phenoxy) is 1. The summed E-state index contributed by atoms with van der Waals surface area (Å²) in [4.78, 5) is 12.5. The lowest BCUT2D eigenvalue weighted by Crippen LogP contribution is -2.43. The van der Waals surface area contributed by atoms with Crippen molar-refractivity contribution in [2.75, 3.05) is 19.8 Å². The first kappa shape index (κ1) is 14.8. The van der Waals surface area contributed by atoms with Crippen molar-refractivity contribution >= 4 is 5.91 Å². The first-order valence-electron chi connectivity index (χ1n) is 7.40. The van der Waals surface area contributed by atoms with Gasteiger partial charge in [-0.05, 0) is 29.6 Å². The molecule has 0 spiro atoms. The average Bonchev–Trinajstić information content (AvgIpc) is 2.74. The Bertz CT molecular complexity index is 332. The maximum Gasteiger partial charge on any atom is 0.224 e. The molecule has 4 heteroatoms. The van der Waals surface area contributed by atoms with Gasteiger partial charge in [-0.1, -0.05) is 27.7 Å². The Morgan fingerprint density at radius 1 is 1.26 bits per heavy atom. The lowest BCUT2D eigenvalue weighted by molar-refractivity contribution is -0.128. The largest absolute Gasteiger partial charge is 0.381 e. The summed E-state index contributed by atoms with van der Waals surface area (Å²) in [5.74, 6) is 0.456. The molecule has 110 valence electrons. The molecule has 0 aromatic rings. The van der Waals surface area contributed by atoms with E-state index in [0.717, 1.165) is 26.1 Å². The van der Waals surface area contributed by atoms with Gasteiger partial charge in [0.25, 0.3) is 0 Å². The lowest BCUT2D eigenvalue weighted by Gasteiger charge is -2.28. The van der Waals surface area contributed by atoms with Crippen LogP contribution < -0.4 is 11.1 Å². The van der Waals surface area contributed by atoms with Crippen molar-refractivity contribution < 1.29 is 9.53 Å². The Morgan fingerprint density at radius 3 is 2.21 bits per heavy atom. The fraction of sp³-hybridized carbons (Fsp3) is 0.933. The molecule has 1 aliphatic carbocycles. The summed E-state index contributed by atoms with van der Waals surface area (Å²) in [7, 11) is 0. The van der Waals surface area contributed by atoms with E-state index in [1.807, 2.05) is 0 Å². The zero-order valence-corrected chi connectivity index (χ0v) is 12.7. The summed E-state index contributed by atoms with van der Waals surface area (Å²) in [5.41, 5.74) is 6.19. The average molecular weight is 268 g/mol. The van der Waals surface area contributed by atoms with E-state index in [2.05, 4.69) is 33.0 Å². The molecule has 0 aromatic carbocycles. The predicted molar refractivity (Wildman–Crippen MR) is 75.6 cm³/mol. The SMILES string of the molecule is CC1(C)C(NC(=O)C(CN)C2CCOCC2)C1(C)C. The number of rotatable bonds is 4. The van der Waals surface area contributed by atoms with Gasteiger partial charge in [-0.15, -0.1) is 0 Å². The zero-order chi connectivity index (χ0) is 14.3. The Morgan fingerprint density at radius 2 is 1.79 bits per heavy atom. The van der Waals surface area contributed by atoms with Crippen molar-refractivity contribution in [2.24, 2.45) is 28.4 Å². The fourth-order valence-corrected chi connectivity index (χ4v) is 3.44. The number of hydrogen-bond acceptors (Lipinski definition) is 3. The van der Waals surface area contributed by atoms with Gasteiger partial charge in [0.15, 0.2) is 0 Å². The monoisotopic (exact) mass is 268 g/mol. The molecule has 1 atom stereocenters. The van der Waals surface area contributed by atoms with E-state index in [1.165, 1.54) is 0 Å². The highest BCUT2D eigenvalue weighted by Gasteiger charge is 2.65. The quantitative estimate of drug-likeness (QED) is 0.813. The van der Waals surface area contributed by atoms with E-state index in [-0.39, 0.29) is 28.7 Å². The van der Waals surface area contributed by atoms with Crippen LogP contribution >= 0.6 is 0 Å². The lowest BCUT2D eigenvalue weighted by atomic mass is 9.85. The highest BCUT2D eigenvalue weighted by Crippen LogP contribution is 2.62. The molecule has 2 rings (SSSR count). The first-order valence-corrected chi connectivity index (χ1v) is 7.40. The molecule has 1 unspecified atom stereocenters. The molecule has 0 radical (unpaired) electrons. The van der Waals surface area contributed by atoms with E-state index >= 15 is 0 Å². The van der Waals surface area contributed by atoms with Gasteiger partial charge in [-0.2, -0.15) is 0 Å². The summed E-state index contributed by atoms with van der Waals surface area (Å²) in [5, 5.41) is 3.22. The predicted octanol–water partition coefficient (Wildman–Crippen LogP) is 1.54. The standard InChI is InChI=1S/C15H28N2O2/c1-14(2)13(15(14,3)4)17-12(18)11(9-16)10-5-7-19-8-6-10/h10-11,13H,5-9,16H2,1-4H3,(H,17,18). The summed E-state index contributed by atoms with van der Waals surface area (Å²) in [6.07, 6.45) is 1.90. The van der Waals surface area contributed by atoms with Crippen LogP contribution in [0.3, 0.4) is 0 Å². The molecule has 1 heterocycles. The van der Waals surface area contributed by atoms with Gasteiger partial charge in [-0.25, -0.2) is 0 Å². The van der Waals surface area contributed by atoms with Crippen LogP contribution in [0.4, 0.5) is 0 Å². The van der Waals surface area contributed by atoms with Gasteiger partial charge >= 0.3 is 0 Å². The van der Waals surface area contributed by atoms with Crippen molar-refractivity contribution in [1.82, 2.24) is 5.32 Å². The number of nitrogens with one attached hydrogen (secondary N) is 1. The van der Waals surface area contributed by atoms with Gasteiger partial charge in [-0.3, -0.25) is 4.79 Å². The number of amides is 1. The highest BCUT2D eigenvalue weighted by atomic mass is 16.5. The van der Waals surface area contributed by atoms with Gasteiger partial charge in [0.1, 0.15) is 0 Å². The van der Waals surface area contributed by atoms with Crippen molar-refractivity contribution in [2.45, 2.75) is 46.6 Å². The number of hydrogen-bond donors (Lipinski definition) is 2. The second kappa shape index (κ2) is 5.06. The fourth-order valence-electron chi connectivity index (χ4n) is 3.44. The van der Waals surface area contributed by atoms with Crippen LogP contribution in [0.15, 0.2) is 0 Å². The van der Waals surface area contributed by atoms with Crippen LogP contribution in [0.5, 0.6) is 0 Å². The van der Waals surface area contributed by atoms with Crippen molar-refractivity contribution in [3.63, 3.8) is 0 Å². The molecule has 1 saturated heterocycles. The van der Waals surface area contributed by atoms with Crippen LogP contribution in [-0.4, -0.2) is 31.7 Å². The third-order valence-electron chi connectivity index (χ3n) is 5.73. The van der Waals surface area contributed by atoms with Crippen molar-refractivity contribution in [3.05, 3.63) is 0 Å². The molecule has 1 saturated carbocycles. The summed E-state index contributed by atoms with van der Waals surface area (Å²) in [6.45, 7) is 10.8. The normalized spacial score (nSPS) is 27.8. The van der Waals surface area contributed by atoms with E-state index < -0.39 is 0 Å². The topological polar surface area (TPSA) is 64.4 Å². The number of nitrogens with two attached hydrogens (primary N) is 1. The second-order valence-electron chi connectivity index (χ2n) is 7.18. The number of carbonyl (C=O) groups excluding carboxylic acids is 1. The molecule has 2 aliphatic rings. The van der Waals surface area contributed by atoms with Gasteiger partial charge in [0.2, 0.25) is 5.91 Å². The van der Waals surface area contributed by atoms with Gasteiger partial charge in [0.05, 0.1) is 5.92 Å². The molecule has 2 fully saturated rings. The Balaban J connectivity index is 1.95. The minimum absolute atomic E-state index is 0.0592. The van der Waals surface area contributed by atoms with E-state index in [1.54, 1.807) is 0 Å². The summed E-state index contributed by atoms with van der Waals surface area (Å²) >= 11 is 0. The maximum atomic E-state index is 12.5. The van der Waals surface area contributed by atoms with Gasteiger partial charge in [0, 0.05) is 25.8 Å². The zero-order valence-electron chi connectivity index (χ0n) is 12.7. The van der Waals surface area contributed by atoms with Crippen molar-refractivity contribution in [3.8, 4) is 0 Å². The van der Waals surface area contributed by atoms with Crippen LogP contribution in [0.25, 0.3) is 0 Å². The summed E-state index contributed by atoms with van der Waals surface area (Å²) < 4.78 is 5.36. The van der Waals surface area contributed by atoms with Gasteiger partial charge < -0.3 is 15.8 Å². The van der Waals surface area contributed by atoms with Crippen molar-refractivity contribution in [1.29, 1.82) is 0 Å². The molecule has 4 nitrogen and oxygen atoms in total. The third kappa shape index (κ3) is 2.52. The smallest absolute Gasteiger partial charge is 0.224 e. The van der Waals surface area contributed by atoms with Crippen LogP contribution in [0, 0.1) is 22.7 Å². The highest BCUT2D eigenvalue weighted by molar-refractivity contribution is 5.80. The Labute approximate surface area is 116 Å².